The van der Waals surface area contributed by atoms with Crippen molar-refractivity contribution in [2.45, 2.75) is 13.1 Å². The lowest BCUT2D eigenvalue weighted by Crippen LogP contribution is -2.45. The molecule has 0 radical (unpaired) electrons. The highest BCUT2D eigenvalue weighted by atomic mass is 35.5. The number of nitrogens with one attached hydrogen (secondary N) is 2. The van der Waals surface area contributed by atoms with Crippen LogP contribution >= 0.6 is 23.2 Å². The first-order chi connectivity index (χ1) is 10.6. The smallest absolute Gasteiger partial charge is 0.296 e. The molecule has 1 aliphatic rings. The Balaban J connectivity index is 1.53. The van der Waals surface area contributed by atoms with Gasteiger partial charge in [0.05, 0.1) is 16.6 Å². The Labute approximate surface area is 138 Å². The van der Waals surface area contributed by atoms with Crippen LogP contribution in [0.5, 0.6) is 0 Å². The Hall–Kier alpha value is -1.34. The lowest BCUT2D eigenvalue weighted by Gasteiger charge is -2.34. The van der Waals surface area contributed by atoms with E-state index in [0.717, 1.165) is 38.3 Å². The maximum atomic E-state index is 11.0. The van der Waals surface area contributed by atoms with E-state index in [1.165, 1.54) is 0 Å². The molecule has 0 aliphatic carbocycles. The number of benzene rings is 1. The molecule has 1 aliphatic heterocycles. The zero-order chi connectivity index (χ0) is 15.5. The van der Waals surface area contributed by atoms with Gasteiger partial charge < -0.3 is 0 Å². The van der Waals surface area contributed by atoms with E-state index in [1.54, 1.807) is 6.07 Å². The van der Waals surface area contributed by atoms with Gasteiger partial charge >= 0.3 is 5.69 Å². The van der Waals surface area contributed by atoms with Crippen LogP contribution in [0.2, 0.25) is 10.0 Å². The van der Waals surface area contributed by atoms with Crippen molar-refractivity contribution in [2.75, 3.05) is 26.2 Å². The molecule has 0 amide bonds. The molecular formula is C14H17Cl2N5O. The van der Waals surface area contributed by atoms with Gasteiger partial charge in [0.15, 0.2) is 0 Å². The minimum Gasteiger partial charge on any atom is -0.296 e. The average Bonchev–Trinajstić information content (AvgIpc) is 2.91. The maximum Gasteiger partial charge on any atom is 0.340 e. The number of aromatic nitrogens is 3. The first-order valence-electron chi connectivity index (χ1n) is 7.13. The van der Waals surface area contributed by atoms with Gasteiger partial charge in [-0.1, -0.05) is 35.3 Å². The zero-order valence-electron chi connectivity index (χ0n) is 12.0. The number of hydrogen-bond acceptors (Lipinski definition) is 4. The number of piperazine rings is 1. The van der Waals surface area contributed by atoms with E-state index in [1.807, 2.05) is 12.1 Å². The van der Waals surface area contributed by atoms with Crippen LogP contribution in [-0.4, -0.2) is 51.2 Å². The first kappa shape index (κ1) is 15.6. The van der Waals surface area contributed by atoms with Crippen molar-refractivity contribution in [1.82, 2.24) is 25.0 Å². The number of rotatable bonds is 4. The quantitative estimate of drug-likeness (QED) is 0.888. The van der Waals surface area contributed by atoms with Crippen molar-refractivity contribution in [1.29, 1.82) is 0 Å². The summed E-state index contributed by atoms with van der Waals surface area (Å²) in [4.78, 5) is 18.3. The van der Waals surface area contributed by atoms with Crippen LogP contribution in [0.3, 0.4) is 0 Å². The Morgan fingerprint density at radius 1 is 1.09 bits per heavy atom. The van der Waals surface area contributed by atoms with E-state index >= 15 is 0 Å². The summed E-state index contributed by atoms with van der Waals surface area (Å²) in [5, 5.41) is 7.56. The van der Waals surface area contributed by atoms with E-state index < -0.39 is 0 Å². The summed E-state index contributed by atoms with van der Waals surface area (Å²) in [5.74, 6) is 0.677. The Kier molecular flexibility index (Phi) is 4.83. The van der Waals surface area contributed by atoms with Crippen molar-refractivity contribution in [3.63, 3.8) is 0 Å². The molecule has 8 heteroatoms. The second-order valence-electron chi connectivity index (χ2n) is 5.39. The Morgan fingerprint density at radius 2 is 1.77 bits per heavy atom. The molecule has 1 aromatic heterocycles. The summed E-state index contributed by atoms with van der Waals surface area (Å²) >= 11 is 12.3. The summed E-state index contributed by atoms with van der Waals surface area (Å²) in [6.07, 6.45) is 0. The number of halogens is 2. The summed E-state index contributed by atoms with van der Waals surface area (Å²) in [6, 6.07) is 5.73. The topological polar surface area (TPSA) is 68.0 Å². The predicted molar refractivity (Wildman–Crippen MR) is 86.2 cm³/mol. The molecule has 0 atom stereocenters. The number of H-pyrrole nitrogens is 2. The second-order valence-corrected chi connectivity index (χ2v) is 6.17. The highest BCUT2D eigenvalue weighted by Gasteiger charge is 2.19. The van der Waals surface area contributed by atoms with Gasteiger partial charge in [-0.15, -0.1) is 0 Å². The average molecular weight is 342 g/mol. The van der Waals surface area contributed by atoms with Gasteiger partial charge in [0, 0.05) is 32.7 Å². The minimum atomic E-state index is -0.260. The maximum absolute atomic E-state index is 11.0. The first-order valence-corrected chi connectivity index (χ1v) is 7.88. The van der Waals surface area contributed by atoms with E-state index in [0.29, 0.717) is 22.4 Å². The fraction of sp³-hybridized carbons (Fsp3) is 0.429. The van der Waals surface area contributed by atoms with Crippen molar-refractivity contribution in [3.8, 4) is 0 Å². The van der Waals surface area contributed by atoms with E-state index in [9.17, 15) is 4.79 Å². The van der Waals surface area contributed by atoms with Crippen molar-refractivity contribution in [3.05, 3.63) is 50.1 Å². The Bertz CT molecular complexity index is 691. The second kappa shape index (κ2) is 6.83. The largest absolute Gasteiger partial charge is 0.340 e. The van der Waals surface area contributed by atoms with Gasteiger partial charge in [0.2, 0.25) is 0 Å². The highest BCUT2D eigenvalue weighted by molar-refractivity contribution is 6.42. The molecule has 22 heavy (non-hydrogen) atoms. The SMILES string of the molecule is O=c1[nH]nc(CN2CCN(Cc3cccc(Cl)c3Cl)CC2)[nH]1. The molecule has 2 aromatic rings. The van der Waals surface area contributed by atoms with E-state index in [2.05, 4.69) is 25.0 Å². The summed E-state index contributed by atoms with van der Waals surface area (Å²) in [6.45, 7) is 5.19. The standard InChI is InChI=1S/C14H17Cl2N5O/c15-11-3-1-2-10(13(11)16)8-20-4-6-21(7-5-20)9-12-17-14(22)19-18-12/h1-3H,4-9H2,(H2,17,18,19,22). The monoisotopic (exact) mass is 341 g/mol. The number of aromatic amines is 2. The molecule has 3 rings (SSSR count). The van der Waals surface area contributed by atoms with Crippen LogP contribution < -0.4 is 5.69 Å². The summed E-state index contributed by atoms with van der Waals surface area (Å²) in [7, 11) is 0. The molecule has 2 N–H and O–H groups in total. The normalized spacial score (nSPS) is 17.0. The third-order valence-corrected chi connectivity index (χ3v) is 4.67. The Morgan fingerprint density at radius 3 is 2.41 bits per heavy atom. The zero-order valence-corrected chi connectivity index (χ0v) is 13.5. The van der Waals surface area contributed by atoms with E-state index in [-0.39, 0.29) is 5.69 Å². The summed E-state index contributed by atoms with van der Waals surface area (Å²) < 4.78 is 0. The van der Waals surface area contributed by atoms with E-state index in [4.69, 9.17) is 23.2 Å². The van der Waals surface area contributed by atoms with Crippen LogP contribution in [0.25, 0.3) is 0 Å². The molecular weight excluding hydrogens is 325 g/mol. The molecule has 1 saturated heterocycles. The van der Waals surface area contributed by atoms with Crippen molar-refractivity contribution >= 4 is 23.2 Å². The lowest BCUT2D eigenvalue weighted by molar-refractivity contribution is 0.120. The lowest BCUT2D eigenvalue weighted by atomic mass is 10.2. The molecule has 6 nitrogen and oxygen atoms in total. The van der Waals surface area contributed by atoms with Gasteiger partial charge in [0.1, 0.15) is 5.82 Å². The minimum absolute atomic E-state index is 0.260. The van der Waals surface area contributed by atoms with Crippen LogP contribution in [0.15, 0.2) is 23.0 Å². The van der Waals surface area contributed by atoms with Crippen LogP contribution in [0, 0.1) is 0 Å². The van der Waals surface area contributed by atoms with Crippen LogP contribution in [0.1, 0.15) is 11.4 Å². The molecule has 0 bridgehead atoms. The van der Waals surface area contributed by atoms with Crippen molar-refractivity contribution < 1.29 is 0 Å². The molecule has 0 saturated carbocycles. The van der Waals surface area contributed by atoms with Gasteiger partial charge in [-0.05, 0) is 11.6 Å². The summed E-state index contributed by atoms with van der Waals surface area (Å²) in [5.41, 5.74) is 0.795. The number of hydrogen-bond donors (Lipinski definition) is 2. The molecule has 0 unspecified atom stereocenters. The molecule has 0 spiro atoms. The molecule has 1 aromatic carbocycles. The van der Waals surface area contributed by atoms with Crippen LogP contribution in [0.4, 0.5) is 0 Å². The molecule has 2 heterocycles. The molecule has 118 valence electrons. The molecule has 1 fully saturated rings. The van der Waals surface area contributed by atoms with Crippen LogP contribution in [-0.2, 0) is 13.1 Å². The van der Waals surface area contributed by atoms with Gasteiger partial charge in [-0.25, -0.2) is 9.89 Å². The van der Waals surface area contributed by atoms with Gasteiger partial charge in [0.25, 0.3) is 0 Å². The fourth-order valence-corrected chi connectivity index (χ4v) is 2.99. The van der Waals surface area contributed by atoms with Crippen molar-refractivity contribution in [2.24, 2.45) is 0 Å². The third kappa shape index (κ3) is 3.70. The van der Waals surface area contributed by atoms with Gasteiger partial charge in [-0.3, -0.25) is 14.8 Å². The predicted octanol–water partition coefficient (Wildman–Crippen LogP) is 1.72. The van der Waals surface area contributed by atoms with Gasteiger partial charge in [-0.2, -0.15) is 5.10 Å². The third-order valence-electron chi connectivity index (χ3n) is 3.81. The number of nitrogens with zero attached hydrogens (tertiary/aromatic N) is 3. The highest BCUT2D eigenvalue weighted by Crippen LogP contribution is 2.26. The fourth-order valence-electron chi connectivity index (χ4n) is 2.61.